The number of amides is 1. The van der Waals surface area contributed by atoms with E-state index in [0.29, 0.717) is 28.7 Å². The van der Waals surface area contributed by atoms with Crippen LogP contribution in [-0.2, 0) is 0 Å². The largest absolute Gasteiger partial charge is 0.465 e. The molecular formula is C19H22FN7O2. The van der Waals surface area contributed by atoms with Crippen molar-refractivity contribution in [2.75, 3.05) is 18.1 Å². The molecule has 1 saturated carbocycles. The minimum atomic E-state index is -0.907. The van der Waals surface area contributed by atoms with Gasteiger partial charge in [0.2, 0.25) is 0 Å². The Morgan fingerprint density at radius 3 is 2.76 bits per heavy atom. The fourth-order valence-corrected chi connectivity index (χ4v) is 3.71. The van der Waals surface area contributed by atoms with Crippen LogP contribution in [0.15, 0.2) is 30.7 Å². The molecule has 0 bridgehead atoms. The molecule has 3 aromatic rings. The number of halogens is 1. The van der Waals surface area contributed by atoms with E-state index in [9.17, 15) is 9.18 Å². The van der Waals surface area contributed by atoms with Crippen LogP contribution in [0.3, 0.4) is 0 Å². The van der Waals surface area contributed by atoms with Crippen LogP contribution in [0.4, 0.5) is 20.7 Å². The van der Waals surface area contributed by atoms with E-state index in [0.717, 1.165) is 25.7 Å². The normalized spacial score (nSPS) is 19.2. The number of carbonyl (C=O) groups is 1. The van der Waals surface area contributed by atoms with Crippen molar-refractivity contribution >= 4 is 23.2 Å². The standard InChI is InChI=1S/C19H22FN7O2/c1-26(19(28)29)13-5-3-12(4-6-13)24-17-14(21)8-23-18(25-17)15-9-22-16-7-2-11(20)10-27(15)16/h2,7-10,12-13H,3-6,21H2,1H3,(H,28,29)(H,23,24,25). The quantitative estimate of drug-likeness (QED) is 0.617. The highest BCUT2D eigenvalue weighted by Crippen LogP contribution is 2.28. The van der Waals surface area contributed by atoms with Crippen molar-refractivity contribution in [1.82, 2.24) is 24.3 Å². The number of nitrogens with one attached hydrogen (secondary N) is 1. The van der Waals surface area contributed by atoms with Gasteiger partial charge in [-0.1, -0.05) is 0 Å². The fraction of sp³-hybridized carbons (Fsp3) is 0.368. The van der Waals surface area contributed by atoms with Gasteiger partial charge in [0, 0.05) is 25.3 Å². The summed E-state index contributed by atoms with van der Waals surface area (Å²) in [5, 5.41) is 12.5. The number of hydrogen-bond donors (Lipinski definition) is 3. The zero-order chi connectivity index (χ0) is 20.5. The molecule has 1 amide bonds. The second-order valence-corrected chi connectivity index (χ2v) is 7.26. The summed E-state index contributed by atoms with van der Waals surface area (Å²) in [5.74, 6) is 0.518. The molecule has 3 heterocycles. The number of rotatable bonds is 4. The van der Waals surface area contributed by atoms with Gasteiger partial charge in [0.15, 0.2) is 11.6 Å². The highest BCUT2D eigenvalue weighted by molar-refractivity contribution is 5.66. The zero-order valence-corrected chi connectivity index (χ0v) is 15.9. The van der Waals surface area contributed by atoms with Gasteiger partial charge in [-0.3, -0.25) is 4.40 Å². The second kappa shape index (κ2) is 7.53. The molecule has 0 aliphatic heterocycles. The van der Waals surface area contributed by atoms with Gasteiger partial charge in [-0.05, 0) is 37.8 Å². The van der Waals surface area contributed by atoms with E-state index in [4.69, 9.17) is 10.8 Å². The first-order valence-electron chi connectivity index (χ1n) is 9.40. The lowest BCUT2D eigenvalue weighted by atomic mass is 9.90. The molecule has 0 aromatic carbocycles. The number of nitrogen functional groups attached to an aromatic ring is 1. The maximum atomic E-state index is 13.6. The lowest BCUT2D eigenvalue weighted by Crippen LogP contribution is -2.41. The minimum Gasteiger partial charge on any atom is -0.465 e. The van der Waals surface area contributed by atoms with E-state index in [1.165, 1.54) is 23.4 Å². The number of hydrogen-bond acceptors (Lipinski definition) is 6. The number of nitrogens with two attached hydrogens (primary N) is 1. The lowest BCUT2D eigenvalue weighted by Gasteiger charge is -2.33. The van der Waals surface area contributed by atoms with Gasteiger partial charge in [0.05, 0.1) is 18.1 Å². The molecule has 152 valence electrons. The maximum absolute atomic E-state index is 13.6. The molecule has 1 fully saturated rings. The Balaban J connectivity index is 1.52. The average Bonchev–Trinajstić information content (AvgIpc) is 3.12. The molecule has 1 aliphatic carbocycles. The number of anilines is 2. The number of carboxylic acid groups (broad SMARTS) is 1. The van der Waals surface area contributed by atoms with Crippen LogP contribution < -0.4 is 11.1 Å². The van der Waals surface area contributed by atoms with Gasteiger partial charge in [0.1, 0.15) is 17.2 Å². The van der Waals surface area contributed by atoms with Crippen LogP contribution in [-0.4, -0.2) is 54.6 Å². The summed E-state index contributed by atoms with van der Waals surface area (Å²) in [6.45, 7) is 0. The van der Waals surface area contributed by atoms with Crippen molar-refractivity contribution in [2.24, 2.45) is 0 Å². The molecule has 3 aromatic heterocycles. The molecule has 1 aliphatic rings. The summed E-state index contributed by atoms with van der Waals surface area (Å²) >= 11 is 0. The topological polar surface area (TPSA) is 122 Å². The molecule has 0 atom stereocenters. The van der Waals surface area contributed by atoms with E-state index in [1.807, 2.05) is 0 Å². The SMILES string of the molecule is CN(C(=O)O)C1CCC(Nc2nc(-c3cnc4ccc(F)cn34)ncc2N)CC1. The van der Waals surface area contributed by atoms with Crippen LogP contribution >= 0.6 is 0 Å². The number of imidazole rings is 1. The molecule has 0 radical (unpaired) electrons. The van der Waals surface area contributed by atoms with Crippen molar-refractivity contribution in [1.29, 1.82) is 0 Å². The number of aromatic nitrogens is 4. The number of fused-ring (bicyclic) bond motifs is 1. The molecule has 0 saturated heterocycles. The Morgan fingerprint density at radius 1 is 1.28 bits per heavy atom. The van der Waals surface area contributed by atoms with Crippen molar-refractivity contribution < 1.29 is 14.3 Å². The second-order valence-electron chi connectivity index (χ2n) is 7.26. The van der Waals surface area contributed by atoms with Crippen LogP contribution in [0.5, 0.6) is 0 Å². The Kier molecular flexibility index (Phi) is 4.91. The zero-order valence-electron chi connectivity index (χ0n) is 15.9. The summed E-state index contributed by atoms with van der Waals surface area (Å²) in [7, 11) is 1.61. The summed E-state index contributed by atoms with van der Waals surface area (Å²) in [6, 6.07) is 3.10. The Hall–Kier alpha value is -3.43. The minimum absolute atomic E-state index is 0.0249. The molecular weight excluding hydrogens is 377 g/mol. The van der Waals surface area contributed by atoms with Gasteiger partial charge in [0.25, 0.3) is 0 Å². The summed E-state index contributed by atoms with van der Waals surface area (Å²) < 4.78 is 15.2. The van der Waals surface area contributed by atoms with E-state index in [-0.39, 0.29) is 17.9 Å². The van der Waals surface area contributed by atoms with E-state index >= 15 is 0 Å². The first-order chi connectivity index (χ1) is 13.9. The molecule has 29 heavy (non-hydrogen) atoms. The smallest absolute Gasteiger partial charge is 0.407 e. The van der Waals surface area contributed by atoms with Gasteiger partial charge in [-0.25, -0.2) is 24.1 Å². The molecule has 4 rings (SSSR count). The highest BCUT2D eigenvalue weighted by atomic mass is 19.1. The van der Waals surface area contributed by atoms with Crippen LogP contribution in [0.25, 0.3) is 17.2 Å². The third kappa shape index (κ3) is 3.78. The van der Waals surface area contributed by atoms with Crippen molar-refractivity contribution in [3.8, 4) is 11.5 Å². The summed E-state index contributed by atoms with van der Waals surface area (Å²) in [4.78, 5) is 25.6. The van der Waals surface area contributed by atoms with E-state index < -0.39 is 6.09 Å². The van der Waals surface area contributed by atoms with Crippen LogP contribution in [0.1, 0.15) is 25.7 Å². The predicted octanol–water partition coefficient (Wildman–Crippen LogP) is 2.85. The van der Waals surface area contributed by atoms with Gasteiger partial charge < -0.3 is 21.1 Å². The van der Waals surface area contributed by atoms with Crippen molar-refractivity contribution in [3.05, 3.63) is 36.5 Å². The molecule has 9 nitrogen and oxygen atoms in total. The predicted molar refractivity (Wildman–Crippen MR) is 106 cm³/mol. The fourth-order valence-electron chi connectivity index (χ4n) is 3.71. The summed E-state index contributed by atoms with van der Waals surface area (Å²) in [5.41, 5.74) is 7.63. The Labute approximate surface area is 166 Å². The maximum Gasteiger partial charge on any atom is 0.407 e. The third-order valence-corrected chi connectivity index (χ3v) is 5.40. The summed E-state index contributed by atoms with van der Waals surface area (Å²) in [6.07, 6.45) is 6.70. The molecule has 10 heteroatoms. The number of nitrogens with zero attached hydrogens (tertiary/aromatic N) is 5. The van der Waals surface area contributed by atoms with E-state index in [2.05, 4.69) is 20.3 Å². The first-order valence-corrected chi connectivity index (χ1v) is 9.40. The van der Waals surface area contributed by atoms with Crippen molar-refractivity contribution in [3.63, 3.8) is 0 Å². The van der Waals surface area contributed by atoms with Gasteiger partial charge >= 0.3 is 6.09 Å². The van der Waals surface area contributed by atoms with Crippen LogP contribution in [0, 0.1) is 5.82 Å². The van der Waals surface area contributed by atoms with Crippen LogP contribution in [0.2, 0.25) is 0 Å². The molecule has 0 spiro atoms. The Morgan fingerprint density at radius 2 is 2.03 bits per heavy atom. The Bertz CT molecular complexity index is 1050. The van der Waals surface area contributed by atoms with Gasteiger partial charge in [-0.2, -0.15) is 0 Å². The number of pyridine rings is 1. The monoisotopic (exact) mass is 399 g/mol. The third-order valence-electron chi connectivity index (χ3n) is 5.40. The highest BCUT2D eigenvalue weighted by Gasteiger charge is 2.27. The van der Waals surface area contributed by atoms with Crippen molar-refractivity contribution in [2.45, 2.75) is 37.8 Å². The lowest BCUT2D eigenvalue weighted by molar-refractivity contribution is 0.125. The molecule has 4 N–H and O–H groups in total. The first kappa shape index (κ1) is 18.9. The molecule has 0 unspecified atom stereocenters. The van der Waals surface area contributed by atoms with E-state index in [1.54, 1.807) is 23.7 Å². The van der Waals surface area contributed by atoms with Gasteiger partial charge in [-0.15, -0.1) is 0 Å². The average molecular weight is 399 g/mol.